The minimum Gasteiger partial charge on any atom is -0.237 e. The molecule has 0 heterocycles. The van der Waals surface area contributed by atoms with E-state index >= 15 is 0 Å². The van der Waals surface area contributed by atoms with Gasteiger partial charge in [-0.25, -0.2) is 8.93 Å². The SMILES string of the molecule is C=CC(c1ccccc1)C(NS(=O)c1ccccc1)c1ccccc1. The first kappa shape index (κ1) is 17.3. The van der Waals surface area contributed by atoms with Gasteiger partial charge in [-0.05, 0) is 23.3 Å². The van der Waals surface area contributed by atoms with Crippen molar-refractivity contribution >= 4 is 11.0 Å². The standard InChI is InChI=1S/C22H21NOS/c1-2-21(18-12-6-3-7-13-18)22(19-14-8-4-9-15-19)23-25(24)20-16-10-5-11-17-20/h2-17,21-23H,1H2. The molecule has 2 nitrogen and oxygen atoms in total. The molecular formula is C22H21NOS. The summed E-state index contributed by atoms with van der Waals surface area (Å²) in [6.45, 7) is 4.02. The van der Waals surface area contributed by atoms with Gasteiger partial charge in [-0.2, -0.15) is 0 Å². The van der Waals surface area contributed by atoms with Gasteiger partial charge in [-0.1, -0.05) is 84.9 Å². The van der Waals surface area contributed by atoms with Crippen molar-refractivity contribution in [3.05, 3.63) is 115 Å². The van der Waals surface area contributed by atoms with E-state index < -0.39 is 11.0 Å². The summed E-state index contributed by atoms with van der Waals surface area (Å²) in [7, 11) is -1.31. The van der Waals surface area contributed by atoms with Gasteiger partial charge in [0.25, 0.3) is 0 Å². The Kier molecular flexibility index (Phi) is 5.94. The van der Waals surface area contributed by atoms with Crippen molar-refractivity contribution < 1.29 is 4.21 Å². The van der Waals surface area contributed by atoms with Crippen LogP contribution in [0, 0.1) is 0 Å². The van der Waals surface area contributed by atoms with Crippen LogP contribution in [0.25, 0.3) is 0 Å². The Balaban J connectivity index is 1.95. The summed E-state index contributed by atoms with van der Waals surface area (Å²) < 4.78 is 16.1. The van der Waals surface area contributed by atoms with Crippen LogP contribution in [0.4, 0.5) is 0 Å². The van der Waals surface area contributed by atoms with Gasteiger partial charge >= 0.3 is 0 Å². The van der Waals surface area contributed by atoms with Crippen molar-refractivity contribution in [1.82, 2.24) is 4.72 Å². The molecule has 0 aliphatic rings. The summed E-state index contributed by atoms with van der Waals surface area (Å²) in [6.07, 6.45) is 1.92. The molecule has 0 bridgehead atoms. The number of nitrogens with one attached hydrogen (secondary N) is 1. The predicted molar refractivity (Wildman–Crippen MR) is 105 cm³/mol. The zero-order valence-corrected chi connectivity index (χ0v) is 14.7. The molecule has 0 fully saturated rings. The summed E-state index contributed by atoms with van der Waals surface area (Å²) in [5, 5.41) is 0. The lowest BCUT2D eigenvalue weighted by Crippen LogP contribution is -2.28. The third kappa shape index (κ3) is 4.32. The summed E-state index contributed by atoms with van der Waals surface area (Å²) in [4.78, 5) is 0.763. The largest absolute Gasteiger partial charge is 0.237 e. The zero-order valence-electron chi connectivity index (χ0n) is 13.9. The summed E-state index contributed by atoms with van der Waals surface area (Å²) in [5.74, 6) is 0.0104. The van der Waals surface area contributed by atoms with Crippen LogP contribution < -0.4 is 4.72 Å². The normalized spacial score (nSPS) is 14.4. The van der Waals surface area contributed by atoms with Crippen LogP contribution in [0.15, 0.2) is 109 Å². The fourth-order valence-electron chi connectivity index (χ4n) is 2.88. The maximum Gasteiger partial charge on any atom is 0.125 e. The molecule has 0 aliphatic heterocycles. The third-order valence-electron chi connectivity index (χ3n) is 4.15. The highest BCUT2D eigenvalue weighted by atomic mass is 32.2. The van der Waals surface area contributed by atoms with Gasteiger partial charge in [-0.3, -0.25) is 0 Å². The molecule has 0 spiro atoms. The van der Waals surface area contributed by atoms with Crippen LogP contribution in [0.2, 0.25) is 0 Å². The van der Waals surface area contributed by atoms with Crippen LogP contribution in [-0.2, 0) is 11.0 Å². The number of benzene rings is 3. The van der Waals surface area contributed by atoms with Gasteiger partial charge in [0.15, 0.2) is 0 Å². The maximum atomic E-state index is 12.8. The Morgan fingerprint density at radius 3 is 1.76 bits per heavy atom. The van der Waals surface area contributed by atoms with Crippen LogP contribution in [0.5, 0.6) is 0 Å². The first-order valence-corrected chi connectivity index (χ1v) is 9.40. The lowest BCUT2D eigenvalue weighted by atomic mass is 9.88. The molecule has 1 N–H and O–H groups in total. The van der Waals surface area contributed by atoms with Gasteiger partial charge in [0, 0.05) is 5.92 Å². The number of rotatable bonds is 7. The molecule has 0 aromatic heterocycles. The summed E-state index contributed by atoms with van der Waals surface area (Å²) in [6, 6.07) is 29.6. The van der Waals surface area contributed by atoms with Crippen molar-refractivity contribution in [3.8, 4) is 0 Å². The van der Waals surface area contributed by atoms with Crippen LogP contribution in [-0.4, -0.2) is 4.21 Å². The van der Waals surface area contributed by atoms with Crippen LogP contribution in [0.1, 0.15) is 23.1 Å². The fourth-order valence-corrected chi connectivity index (χ4v) is 3.93. The third-order valence-corrected chi connectivity index (χ3v) is 5.32. The molecule has 0 saturated heterocycles. The lowest BCUT2D eigenvalue weighted by molar-refractivity contribution is 0.583. The van der Waals surface area contributed by atoms with Gasteiger partial charge in [0.2, 0.25) is 0 Å². The average Bonchev–Trinajstić information content (AvgIpc) is 2.70. The molecule has 3 aromatic rings. The Bertz CT molecular complexity index is 818. The molecule has 0 radical (unpaired) electrons. The second kappa shape index (κ2) is 8.56. The average molecular weight is 347 g/mol. The van der Waals surface area contributed by atoms with Crippen LogP contribution in [0.3, 0.4) is 0 Å². The van der Waals surface area contributed by atoms with E-state index in [4.69, 9.17) is 0 Å². The van der Waals surface area contributed by atoms with E-state index in [0.29, 0.717) is 0 Å². The molecule has 0 aliphatic carbocycles. The number of hydrogen-bond acceptors (Lipinski definition) is 1. The molecule has 3 rings (SSSR count). The van der Waals surface area contributed by atoms with Crippen molar-refractivity contribution in [2.75, 3.05) is 0 Å². The van der Waals surface area contributed by atoms with Crippen molar-refractivity contribution in [2.24, 2.45) is 0 Å². The maximum absolute atomic E-state index is 12.8. The van der Waals surface area contributed by atoms with Gasteiger partial charge in [0.1, 0.15) is 11.0 Å². The minimum absolute atomic E-state index is 0.0104. The van der Waals surface area contributed by atoms with E-state index in [-0.39, 0.29) is 12.0 Å². The first-order chi connectivity index (χ1) is 12.3. The number of hydrogen-bond donors (Lipinski definition) is 1. The second-order valence-electron chi connectivity index (χ2n) is 5.76. The van der Waals surface area contributed by atoms with Gasteiger partial charge < -0.3 is 0 Å². The molecule has 0 saturated carbocycles. The van der Waals surface area contributed by atoms with Gasteiger partial charge in [-0.15, -0.1) is 6.58 Å². The fraction of sp³-hybridized carbons (Fsp3) is 0.0909. The van der Waals surface area contributed by atoms with E-state index in [0.717, 1.165) is 16.0 Å². The smallest absolute Gasteiger partial charge is 0.125 e. The highest BCUT2D eigenvalue weighted by Gasteiger charge is 2.24. The van der Waals surface area contributed by atoms with E-state index in [2.05, 4.69) is 35.6 Å². The molecule has 0 amide bonds. The quantitative estimate of drug-likeness (QED) is 0.598. The first-order valence-electron chi connectivity index (χ1n) is 8.25. The molecule has 25 heavy (non-hydrogen) atoms. The molecule has 3 aromatic carbocycles. The molecule has 3 atom stereocenters. The Hall–Kier alpha value is -2.49. The van der Waals surface area contributed by atoms with E-state index in [1.54, 1.807) is 0 Å². The highest BCUT2D eigenvalue weighted by Crippen LogP contribution is 2.32. The monoisotopic (exact) mass is 347 g/mol. The molecule has 3 heteroatoms. The minimum atomic E-state index is -1.31. The topological polar surface area (TPSA) is 29.1 Å². The van der Waals surface area contributed by atoms with E-state index in [9.17, 15) is 4.21 Å². The Morgan fingerprint density at radius 2 is 1.24 bits per heavy atom. The van der Waals surface area contributed by atoms with Crippen LogP contribution >= 0.6 is 0 Å². The zero-order chi connectivity index (χ0) is 17.5. The van der Waals surface area contributed by atoms with E-state index in [1.165, 1.54) is 0 Å². The summed E-state index contributed by atoms with van der Waals surface area (Å²) >= 11 is 0. The predicted octanol–water partition coefficient (Wildman–Crippen LogP) is 5.01. The lowest BCUT2D eigenvalue weighted by Gasteiger charge is -2.26. The molecular weight excluding hydrogens is 326 g/mol. The summed E-state index contributed by atoms with van der Waals surface area (Å²) in [5.41, 5.74) is 2.23. The Labute approximate surface area is 151 Å². The van der Waals surface area contributed by atoms with E-state index in [1.807, 2.05) is 72.8 Å². The molecule has 3 unspecified atom stereocenters. The second-order valence-corrected chi connectivity index (χ2v) is 7.00. The molecule has 126 valence electrons. The van der Waals surface area contributed by atoms with Crippen molar-refractivity contribution in [1.29, 1.82) is 0 Å². The van der Waals surface area contributed by atoms with Gasteiger partial charge in [0.05, 0.1) is 10.9 Å². The Morgan fingerprint density at radius 1 is 0.760 bits per heavy atom. The highest BCUT2D eigenvalue weighted by molar-refractivity contribution is 7.83. The van der Waals surface area contributed by atoms with Crippen molar-refractivity contribution in [2.45, 2.75) is 16.9 Å². The van der Waals surface area contributed by atoms with Crippen molar-refractivity contribution in [3.63, 3.8) is 0 Å².